The second-order valence-electron chi connectivity index (χ2n) is 7.79. The van der Waals surface area contributed by atoms with Crippen LogP contribution in [0.3, 0.4) is 0 Å². The SMILES string of the molecule is CCN(CC)CCN1C(=O)C(=O)C(=C(O)c2ccc(OC)cc2C)[C@H]1c1ccc(O)cc1. The number of amides is 1. The van der Waals surface area contributed by atoms with E-state index < -0.39 is 17.7 Å². The fraction of sp³-hybridized carbons (Fsp3) is 0.360. The average Bonchev–Trinajstić information content (AvgIpc) is 3.04. The first kappa shape index (κ1) is 23.3. The average molecular weight is 439 g/mol. The number of carbonyl (C=O) groups is 2. The third kappa shape index (κ3) is 4.48. The lowest BCUT2D eigenvalue weighted by atomic mass is 9.94. The number of likely N-dealkylation sites (N-methyl/N-ethyl adjacent to an activating group) is 1. The molecule has 1 atom stereocenters. The molecule has 0 bridgehead atoms. The van der Waals surface area contributed by atoms with Crippen LogP contribution in [0.5, 0.6) is 11.5 Å². The Morgan fingerprint density at radius 2 is 1.75 bits per heavy atom. The van der Waals surface area contributed by atoms with E-state index in [-0.39, 0.29) is 17.1 Å². The van der Waals surface area contributed by atoms with E-state index in [0.29, 0.717) is 30.0 Å². The third-order valence-corrected chi connectivity index (χ3v) is 5.99. The fourth-order valence-corrected chi connectivity index (χ4v) is 4.08. The highest BCUT2D eigenvalue weighted by molar-refractivity contribution is 6.46. The summed E-state index contributed by atoms with van der Waals surface area (Å²) in [5.41, 5.74) is 1.89. The van der Waals surface area contributed by atoms with Crippen LogP contribution in [0.15, 0.2) is 48.0 Å². The number of methoxy groups -OCH3 is 1. The number of aliphatic hydroxyl groups excluding tert-OH is 1. The molecule has 170 valence electrons. The summed E-state index contributed by atoms with van der Waals surface area (Å²) in [6.45, 7) is 8.50. The first-order valence-corrected chi connectivity index (χ1v) is 10.8. The van der Waals surface area contributed by atoms with E-state index in [0.717, 1.165) is 18.7 Å². The van der Waals surface area contributed by atoms with Gasteiger partial charge in [0.1, 0.15) is 17.3 Å². The number of ketones is 1. The second kappa shape index (κ2) is 9.87. The minimum Gasteiger partial charge on any atom is -0.508 e. The number of carbonyl (C=O) groups excluding carboxylic acids is 2. The first-order valence-electron chi connectivity index (χ1n) is 10.8. The normalized spacial score (nSPS) is 17.9. The summed E-state index contributed by atoms with van der Waals surface area (Å²) in [6, 6.07) is 10.8. The number of aliphatic hydroxyl groups is 1. The van der Waals surface area contributed by atoms with Gasteiger partial charge in [0.2, 0.25) is 0 Å². The summed E-state index contributed by atoms with van der Waals surface area (Å²) in [4.78, 5) is 29.8. The van der Waals surface area contributed by atoms with Crippen LogP contribution in [-0.2, 0) is 9.59 Å². The number of hydrogen-bond acceptors (Lipinski definition) is 6. The summed E-state index contributed by atoms with van der Waals surface area (Å²) in [7, 11) is 1.56. The highest BCUT2D eigenvalue weighted by Gasteiger charge is 2.46. The van der Waals surface area contributed by atoms with E-state index in [1.807, 2.05) is 20.8 Å². The number of aromatic hydroxyl groups is 1. The van der Waals surface area contributed by atoms with Crippen LogP contribution in [0, 0.1) is 6.92 Å². The predicted molar refractivity (Wildman–Crippen MR) is 123 cm³/mol. The Morgan fingerprint density at radius 3 is 2.31 bits per heavy atom. The highest BCUT2D eigenvalue weighted by atomic mass is 16.5. The molecule has 3 rings (SSSR count). The first-order chi connectivity index (χ1) is 15.3. The molecule has 1 fully saturated rings. The molecule has 0 unspecified atom stereocenters. The molecule has 32 heavy (non-hydrogen) atoms. The maximum atomic E-state index is 13.1. The van der Waals surface area contributed by atoms with Crippen molar-refractivity contribution in [1.29, 1.82) is 0 Å². The molecule has 0 radical (unpaired) electrons. The van der Waals surface area contributed by atoms with Crippen molar-refractivity contribution in [3.63, 3.8) is 0 Å². The number of rotatable bonds is 8. The zero-order valence-corrected chi connectivity index (χ0v) is 19.0. The van der Waals surface area contributed by atoms with Crippen LogP contribution in [0.4, 0.5) is 0 Å². The van der Waals surface area contributed by atoms with Gasteiger partial charge in [0.15, 0.2) is 0 Å². The third-order valence-electron chi connectivity index (χ3n) is 5.99. The number of phenols is 1. The van der Waals surface area contributed by atoms with Crippen molar-refractivity contribution >= 4 is 17.4 Å². The van der Waals surface area contributed by atoms with E-state index in [1.54, 1.807) is 37.4 Å². The van der Waals surface area contributed by atoms with Gasteiger partial charge >= 0.3 is 0 Å². The van der Waals surface area contributed by atoms with Crippen LogP contribution >= 0.6 is 0 Å². The van der Waals surface area contributed by atoms with Gasteiger partial charge in [0.05, 0.1) is 18.7 Å². The van der Waals surface area contributed by atoms with E-state index in [4.69, 9.17) is 4.74 Å². The van der Waals surface area contributed by atoms with Gasteiger partial charge in [-0.05, 0) is 61.5 Å². The number of nitrogens with zero attached hydrogens (tertiary/aromatic N) is 2. The molecule has 1 heterocycles. The van der Waals surface area contributed by atoms with Gasteiger partial charge in [-0.15, -0.1) is 0 Å². The molecule has 1 aliphatic heterocycles. The number of aryl methyl sites for hydroxylation is 1. The second-order valence-corrected chi connectivity index (χ2v) is 7.79. The molecule has 2 aromatic rings. The van der Waals surface area contributed by atoms with Crippen molar-refractivity contribution in [2.24, 2.45) is 0 Å². The largest absolute Gasteiger partial charge is 0.508 e. The van der Waals surface area contributed by atoms with E-state index in [2.05, 4.69) is 4.90 Å². The van der Waals surface area contributed by atoms with Crippen molar-refractivity contribution in [3.8, 4) is 11.5 Å². The Kier molecular flexibility index (Phi) is 7.20. The minimum atomic E-state index is -0.743. The van der Waals surface area contributed by atoms with Crippen molar-refractivity contribution in [2.45, 2.75) is 26.8 Å². The number of ether oxygens (including phenoxy) is 1. The monoisotopic (exact) mass is 438 g/mol. The molecule has 0 spiro atoms. The van der Waals surface area contributed by atoms with E-state index in [1.165, 1.54) is 17.0 Å². The molecule has 7 nitrogen and oxygen atoms in total. The van der Waals surface area contributed by atoms with Crippen LogP contribution in [0.2, 0.25) is 0 Å². The van der Waals surface area contributed by atoms with Gasteiger partial charge in [-0.3, -0.25) is 9.59 Å². The Morgan fingerprint density at radius 1 is 1.09 bits per heavy atom. The summed E-state index contributed by atoms with van der Waals surface area (Å²) in [5.74, 6) is -0.848. The molecule has 1 amide bonds. The molecule has 7 heteroatoms. The summed E-state index contributed by atoms with van der Waals surface area (Å²) in [6.07, 6.45) is 0. The molecule has 1 aliphatic rings. The smallest absolute Gasteiger partial charge is 0.295 e. The zero-order valence-electron chi connectivity index (χ0n) is 19.0. The van der Waals surface area contributed by atoms with E-state index in [9.17, 15) is 19.8 Å². The minimum absolute atomic E-state index is 0.0495. The van der Waals surface area contributed by atoms with Crippen LogP contribution in [0.25, 0.3) is 5.76 Å². The highest BCUT2D eigenvalue weighted by Crippen LogP contribution is 2.40. The molecular formula is C25H30N2O5. The molecule has 2 N–H and O–H groups in total. The number of hydrogen-bond donors (Lipinski definition) is 2. The van der Waals surface area contributed by atoms with E-state index >= 15 is 0 Å². The predicted octanol–water partition coefficient (Wildman–Crippen LogP) is 3.47. The van der Waals surface area contributed by atoms with Crippen molar-refractivity contribution < 1.29 is 24.5 Å². The standard InChI is InChI=1S/C25H30N2O5/c1-5-26(6-2)13-14-27-22(17-7-9-18(28)10-8-17)21(24(30)25(27)31)23(29)20-12-11-19(32-4)15-16(20)3/h7-12,15,22,28-29H,5-6,13-14H2,1-4H3/t22-/m1/s1. The maximum Gasteiger partial charge on any atom is 0.295 e. The molecule has 1 saturated heterocycles. The van der Waals surface area contributed by atoms with Gasteiger partial charge in [-0.25, -0.2) is 0 Å². The van der Waals surface area contributed by atoms with Crippen molar-refractivity contribution in [2.75, 3.05) is 33.3 Å². The number of likely N-dealkylation sites (tertiary alicyclic amines) is 1. The summed E-state index contributed by atoms with van der Waals surface area (Å²) < 4.78 is 5.23. The molecule has 0 aromatic heterocycles. The Labute approximate surface area is 188 Å². The zero-order chi connectivity index (χ0) is 23.4. The quantitative estimate of drug-likeness (QED) is 0.373. The molecule has 2 aromatic carbocycles. The molecule has 0 aliphatic carbocycles. The molecular weight excluding hydrogens is 408 g/mol. The van der Waals surface area contributed by atoms with Crippen molar-refractivity contribution in [1.82, 2.24) is 9.80 Å². The van der Waals surface area contributed by atoms with Gasteiger partial charge in [0.25, 0.3) is 11.7 Å². The van der Waals surface area contributed by atoms with Gasteiger partial charge in [0, 0.05) is 18.7 Å². The lowest BCUT2D eigenvalue weighted by molar-refractivity contribution is -0.140. The maximum absolute atomic E-state index is 13.1. The van der Waals surface area contributed by atoms with Gasteiger partial charge in [-0.1, -0.05) is 26.0 Å². The van der Waals surface area contributed by atoms with Crippen LogP contribution in [0.1, 0.15) is 36.6 Å². The van der Waals surface area contributed by atoms with Gasteiger partial charge in [-0.2, -0.15) is 0 Å². The Bertz CT molecular complexity index is 1030. The fourth-order valence-electron chi connectivity index (χ4n) is 4.08. The van der Waals surface area contributed by atoms with Crippen LogP contribution in [-0.4, -0.2) is 65.0 Å². The lowest BCUT2D eigenvalue weighted by Gasteiger charge is -2.28. The molecule has 0 saturated carbocycles. The summed E-state index contributed by atoms with van der Waals surface area (Å²) in [5, 5.41) is 20.9. The Hall–Kier alpha value is -3.32. The topological polar surface area (TPSA) is 90.3 Å². The number of phenolic OH excluding ortho intramolecular Hbond substituents is 1. The summed E-state index contributed by atoms with van der Waals surface area (Å²) >= 11 is 0. The van der Waals surface area contributed by atoms with Crippen molar-refractivity contribution in [3.05, 3.63) is 64.7 Å². The number of benzene rings is 2. The number of Topliss-reactive ketones (excluding diaryl/α,β-unsaturated/α-hetero) is 1. The Balaban J connectivity index is 2.12. The van der Waals surface area contributed by atoms with Gasteiger partial charge < -0.3 is 24.7 Å². The van der Waals surface area contributed by atoms with Crippen LogP contribution < -0.4 is 4.74 Å². The lowest BCUT2D eigenvalue weighted by Crippen LogP contribution is -2.38.